The van der Waals surface area contributed by atoms with Crippen molar-refractivity contribution in [2.45, 2.75) is 34.1 Å². The van der Waals surface area contributed by atoms with Crippen LogP contribution >= 0.6 is 0 Å². The predicted octanol–water partition coefficient (Wildman–Crippen LogP) is 2.28. The molecule has 0 N–H and O–H groups in total. The molecule has 0 saturated heterocycles. The van der Waals surface area contributed by atoms with Gasteiger partial charge in [0.1, 0.15) is 7.85 Å². The monoisotopic (exact) mass is 182 g/mol. The van der Waals surface area contributed by atoms with Crippen LogP contribution in [0, 0.1) is 5.92 Å². The topological polar surface area (TPSA) is 26.3 Å². The molecule has 0 fully saturated rings. The molecule has 3 heteroatoms. The van der Waals surface area contributed by atoms with Crippen LogP contribution in [0.3, 0.4) is 0 Å². The van der Waals surface area contributed by atoms with E-state index in [1.807, 2.05) is 0 Å². The van der Waals surface area contributed by atoms with Crippen LogP contribution in [0.4, 0.5) is 0 Å². The minimum atomic E-state index is -0.394. The van der Waals surface area contributed by atoms with E-state index >= 15 is 0 Å². The van der Waals surface area contributed by atoms with Crippen LogP contribution in [0.25, 0.3) is 0 Å². The maximum Gasteiger partial charge on any atom is 0.329 e. The number of carbonyl (C=O) groups excluding carboxylic acids is 1. The third kappa shape index (κ3) is 18.3. The van der Waals surface area contributed by atoms with Crippen LogP contribution in [0.1, 0.15) is 34.1 Å². The first-order valence-corrected chi connectivity index (χ1v) is 4.63. The summed E-state index contributed by atoms with van der Waals surface area (Å²) in [5.74, 6) is 1.64. The zero-order valence-corrected chi connectivity index (χ0v) is 9.04. The lowest BCUT2D eigenvalue weighted by Crippen LogP contribution is -1.98. The highest BCUT2D eigenvalue weighted by Gasteiger charge is 1.88. The number of hydrogen-bond acceptors (Lipinski definition) is 2. The van der Waals surface area contributed by atoms with Crippen molar-refractivity contribution in [3.05, 3.63) is 12.1 Å². The summed E-state index contributed by atoms with van der Waals surface area (Å²) in [6, 6.07) is 0. The SMILES string of the molecule is CCC(C)C.[B]/C=C/C(=O)OCC. The van der Waals surface area contributed by atoms with Crippen molar-refractivity contribution in [2.75, 3.05) is 6.61 Å². The van der Waals surface area contributed by atoms with Crippen LogP contribution in [-0.4, -0.2) is 20.4 Å². The van der Waals surface area contributed by atoms with Gasteiger partial charge in [0.2, 0.25) is 0 Å². The number of rotatable bonds is 3. The predicted molar refractivity (Wildman–Crippen MR) is 56.7 cm³/mol. The number of hydrogen-bond donors (Lipinski definition) is 0. The first-order valence-electron chi connectivity index (χ1n) is 4.63. The standard InChI is InChI=1S/C5H7BO2.C5H12/c1-2-8-5(7)3-4-6;1-4-5(2)3/h3-4H,2H2,1H3;5H,4H2,1-3H3/b4-3+;. The van der Waals surface area contributed by atoms with Crippen LogP contribution in [-0.2, 0) is 9.53 Å². The molecule has 0 saturated carbocycles. The molecule has 0 unspecified atom stereocenters. The van der Waals surface area contributed by atoms with E-state index in [1.54, 1.807) is 6.92 Å². The highest BCUT2D eigenvalue weighted by Crippen LogP contribution is 1.93. The largest absolute Gasteiger partial charge is 0.463 e. The third-order valence-corrected chi connectivity index (χ3v) is 1.34. The van der Waals surface area contributed by atoms with Gasteiger partial charge in [0.05, 0.1) is 6.61 Å². The lowest BCUT2D eigenvalue weighted by atomic mass is 10.1. The smallest absolute Gasteiger partial charge is 0.329 e. The number of esters is 1. The van der Waals surface area contributed by atoms with E-state index in [-0.39, 0.29) is 0 Å². The maximum atomic E-state index is 10.3. The van der Waals surface area contributed by atoms with E-state index in [2.05, 4.69) is 25.5 Å². The van der Waals surface area contributed by atoms with Gasteiger partial charge in [-0.1, -0.05) is 27.2 Å². The summed E-state index contributed by atoms with van der Waals surface area (Å²) < 4.78 is 4.48. The Bertz CT molecular complexity index is 142. The summed E-state index contributed by atoms with van der Waals surface area (Å²) in [4.78, 5) is 10.3. The second-order valence-electron chi connectivity index (χ2n) is 2.91. The molecule has 0 aromatic carbocycles. The molecule has 0 heterocycles. The Morgan fingerprint density at radius 3 is 2.15 bits per heavy atom. The molecule has 0 aliphatic heterocycles. The van der Waals surface area contributed by atoms with Gasteiger partial charge in [-0.15, -0.1) is 5.98 Å². The molecule has 0 aliphatic carbocycles. The van der Waals surface area contributed by atoms with Gasteiger partial charge in [-0.25, -0.2) is 4.79 Å². The van der Waals surface area contributed by atoms with Crippen molar-refractivity contribution >= 4 is 13.8 Å². The number of carbonyl (C=O) groups is 1. The lowest BCUT2D eigenvalue weighted by molar-refractivity contribution is -0.137. The fraction of sp³-hybridized carbons (Fsp3) is 0.700. The lowest BCUT2D eigenvalue weighted by Gasteiger charge is -1.91. The number of ether oxygens (including phenoxy) is 1. The molecule has 0 aliphatic rings. The minimum absolute atomic E-state index is 0.392. The second kappa shape index (κ2) is 11.3. The van der Waals surface area contributed by atoms with E-state index in [9.17, 15) is 4.79 Å². The maximum absolute atomic E-state index is 10.3. The van der Waals surface area contributed by atoms with E-state index in [0.717, 1.165) is 11.9 Å². The Morgan fingerprint density at radius 1 is 1.46 bits per heavy atom. The summed E-state index contributed by atoms with van der Waals surface area (Å²) in [5, 5.41) is 0. The van der Waals surface area contributed by atoms with Crippen molar-refractivity contribution in [3.63, 3.8) is 0 Å². The van der Waals surface area contributed by atoms with Gasteiger partial charge >= 0.3 is 5.97 Å². The Morgan fingerprint density at radius 2 is 1.92 bits per heavy atom. The van der Waals surface area contributed by atoms with E-state index in [4.69, 9.17) is 7.85 Å². The fourth-order valence-electron chi connectivity index (χ4n) is 0.269. The van der Waals surface area contributed by atoms with Crippen LogP contribution in [0.5, 0.6) is 0 Å². The minimum Gasteiger partial charge on any atom is -0.463 e. The van der Waals surface area contributed by atoms with Gasteiger partial charge in [0, 0.05) is 6.08 Å². The van der Waals surface area contributed by atoms with E-state index in [0.29, 0.717) is 6.61 Å². The fourth-order valence-corrected chi connectivity index (χ4v) is 0.269. The van der Waals surface area contributed by atoms with Crippen molar-refractivity contribution in [1.82, 2.24) is 0 Å². The van der Waals surface area contributed by atoms with Crippen molar-refractivity contribution < 1.29 is 9.53 Å². The van der Waals surface area contributed by atoms with Gasteiger partial charge in [0.25, 0.3) is 0 Å². The molecule has 0 bridgehead atoms. The van der Waals surface area contributed by atoms with Gasteiger partial charge in [-0.05, 0) is 12.8 Å². The van der Waals surface area contributed by atoms with E-state index in [1.165, 1.54) is 12.5 Å². The summed E-state index contributed by atoms with van der Waals surface area (Å²) in [7, 11) is 4.88. The zero-order chi connectivity index (χ0) is 10.7. The second-order valence-corrected chi connectivity index (χ2v) is 2.91. The quantitative estimate of drug-likeness (QED) is 0.380. The molecule has 13 heavy (non-hydrogen) atoms. The Hall–Kier alpha value is -0.725. The first-order chi connectivity index (χ1) is 6.08. The highest BCUT2D eigenvalue weighted by atomic mass is 16.5. The summed E-state index contributed by atoms with van der Waals surface area (Å²) in [6.45, 7) is 8.77. The molecule has 2 radical (unpaired) electrons. The Kier molecular flexibility index (Phi) is 12.8. The summed E-state index contributed by atoms with van der Waals surface area (Å²) in [6.07, 6.45) is 2.48. The van der Waals surface area contributed by atoms with Gasteiger partial charge in [-0.2, -0.15) is 0 Å². The molecule has 0 aromatic rings. The molecule has 74 valence electrons. The summed E-state index contributed by atoms with van der Waals surface area (Å²) >= 11 is 0. The summed E-state index contributed by atoms with van der Waals surface area (Å²) in [5.41, 5.74) is 0. The van der Waals surface area contributed by atoms with Crippen molar-refractivity contribution in [1.29, 1.82) is 0 Å². The molecule has 0 rings (SSSR count). The molecular formula is C10H19BO2. The Labute approximate surface area is 82.8 Å². The average molecular weight is 182 g/mol. The normalized spacial score (nSPS) is 9.62. The zero-order valence-electron chi connectivity index (χ0n) is 9.04. The van der Waals surface area contributed by atoms with Crippen LogP contribution < -0.4 is 0 Å². The van der Waals surface area contributed by atoms with E-state index < -0.39 is 5.97 Å². The molecule has 0 aromatic heterocycles. The van der Waals surface area contributed by atoms with Gasteiger partial charge in [-0.3, -0.25) is 0 Å². The molecular weight excluding hydrogens is 163 g/mol. The van der Waals surface area contributed by atoms with Crippen LogP contribution in [0.2, 0.25) is 0 Å². The van der Waals surface area contributed by atoms with Crippen molar-refractivity contribution in [2.24, 2.45) is 5.92 Å². The van der Waals surface area contributed by atoms with Gasteiger partial charge < -0.3 is 4.74 Å². The molecule has 0 atom stereocenters. The average Bonchev–Trinajstić information content (AvgIpc) is 2.06. The Balaban J connectivity index is 0. The van der Waals surface area contributed by atoms with Crippen molar-refractivity contribution in [3.8, 4) is 0 Å². The van der Waals surface area contributed by atoms with Gasteiger partial charge in [0.15, 0.2) is 0 Å². The van der Waals surface area contributed by atoms with Crippen LogP contribution in [0.15, 0.2) is 12.1 Å². The highest BCUT2D eigenvalue weighted by molar-refractivity contribution is 6.18. The molecule has 2 nitrogen and oxygen atoms in total. The molecule has 0 amide bonds. The first kappa shape index (κ1) is 14.8. The third-order valence-electron chi connectivity index (χ3n) is 1.34. The molecule has 0 spiro atoms.